The molecule has 96 valence electrons. The van der Waals surface area contributed by atoms with Crippen molar-refractivity contribution in [3.63, 3.8) is 0 Å². The van der Waals surface area contributed by atoms with Crippen LogP contribution in [0.1, 0.15) is 22.8 Å². The fourth-order valence-corrected chi connectivity index (χ4v) is 1.91. The highest BCUT2D eigenvalue weighted by Gasteiger charge is 2.09. The smallest absolute Gasteiger partial charge is 0.240 e. The average Bonchev–Trinajstić information content (AvgIpc) is 2.75. The number of benzene rings is 1. The lowest BCUT2D eigenvalue weighted by atomic mass is 10.1. The first-order chi connectivity index (χ1) is 8.58. The van der Waals surface area contributed by atoms with Gasteiger partial charge in [-0.3, -0.25) is 0 Å². The maximum Gasteiger partial charge on any atom is 0.240 e. The zero-order valence-electron chi connectivity index (χ0n) is 11.0. The number of aryl methyl sites for hydroxylation is 2. The minimum Gasteiger partial charge on any atom is -0.367 e. The maximum atomic E-state index is 5.43. The number of hydrogen-bond donors (Lipinski definition) is 1. The van der Waals surface area contributed by atoms with E-state index in [1.165, 1.54) is 11.1 Å². The van der Waals surface area contributed by atoms with Crippen LogP contribution < -0.4 is 10.6 Å². The molecule has 5 heteroatoms. The summed E-state index contributed by atoms with van der Waals surface area (Å²) in [5.41, 5.74) is 9.07. The lowest BCUT2D eigenvalue weighted by molar-refractivity contribution is 0.374. The monoisotopic (exact) mass is 246 g/mol. The first-order valence-electron chi connectivity index (χ1n) is 5.89. The van der Waals surface area contributed by atoms with Gasteiger partial charge in [-0.15, -0.1) is 0 Å². The molecule has 0 amide bonds. The van der Waals surface area contributed by atoms with Gasteiger partial charge in [0.05, 0.1) is 13.1 Å². The Bertz CT molecular complexity index is 515. The largest absolute Gasteiger partial charge is 0.367 e. The van der Waals surface area contributed by atoms with E-state index in [9.17, 15) is 0 Å². The molecular formula is C13H18N4O. The van der Waals surface area contributed by atoms with Crippen LogP contribution in [0.5, 0.6) is 0 Å². The third-order valence-corrected chi connectivity index (χ3v) is 2.71. The second kappa shape index (κ2) is 5.18. The molecule has 5 nitrogen and oxygen atoms in total. The van der Waals surface area contributed by atoms with Crippen LogP contribution in [0.25, 0.3) is 0 Å². The summed E-state index contributed by atoms with van der Waals surface area (Å²) in [6, 6.07) is 6.42. The molecule has 0 unspecified atom stereocenters. The average molecular weight is 246 g/mol. The van der Waals surface area contributed by atoms with Gasteiger partial charge >= 0.3 is 0 Å². The van der Waals surface area contributed by atoms with Crippen LogP contribution in [-0.4, -0.2) is 17.2 Å². The first-order valence-corrected chi connectivity index (χ1v) is 5.89. The van der Waals surface area contributed by atoms with Crippen molar-refractivity contribution in [3.8, 4) is 0 Å². The number of aromatic nitrogens is 2. The standard InChI is InChI=1S/C13H18N4O/c1-9-4-10(2)6-11(5-9)17(3)8-12-15-13(7-14)18-16-12/h4-6H,7-8,14H2,1-3H3. The molecule has 18 heavy (non-hydrogen) atoms. The molecule has 2 N–H and O–H groups in total. The van der Waals surface area contributed by atoms with Gasteiger partial charge < -0.3 is 15.2 Å². The normalized spacial score (nSPS) is 10.7. The lowest BCUT2D eigenvalue weighted by Crippen LogP contribution is -2.17. The molecule has 0 atom stereocenters. The lowest BCUT2D eigenvalue weighted by Gasteiger charge is -2.18. The summed E-state index contributed by atoms with van der Waals surface area (Å²) in [7, 11) is 2.01. The Morgan fingerprint density at radius 2 is 1.89 bits per heavy atom. The van der Waals surface area contributed by atoms with Crippen molar-refractivity contribution in [2.45, 2.75) is 26.9 Å². The van der Waals surface area contributed by atoms with E-state index < -0.39 is 0 Å². The molecule has 1 aromatic heterocycles. The summed E-state index contributed by atoms with van der Waals surface area (Å²) in [6.07, 6.45) is 0. The van der Waals surface area contributed by atoms with Crippen LogP contribution in [0.4, 0.5) is 5.69 Å². The predicted molar refractivity (Wildman–Crippen MR) is 70.2 cm³/mol. The SMILES string of the molecule is Cc1cc(C)cc(N(C)Cc2noc(CN)n2)c1. The molecule has 0 bridgehead atoms. The molecule has 0 spiro atoms. The van der Waals surface area contributed by atoms with Crippen LogP contribution >= 0.6 is 0 Å². The Balaban J connectivity index is 2.13. The molecule has 2 aromatic rings. The van der Waals surface area contributed by atoms with Crippen molar-refractivity contribution in [1.29, 1.82) is 0 Å². The van der Waals surface area contributed by atoms with E-state index >= 15 is 0 Å². The molecular weight excluding hydrogens is 228 g/mol. The van der Waals surface area contributed by atoms with Crippen LogP contribution in [0.3, 0.4) is 0 Å². The molecule has 0 aliphatic carbocycles. The summed E-state index contributed by atoms with van der Waals surface area (Å²) >= 11 is 0. The topological polar surface area (TPSA) is 68.2 Å². The van der Waals surface area contributed by atoms with Crippen molar-refractivity contribution < 1.29 is 4.52 Å². The third-order valence-electron chi connectivity index (χ3n) is 2.71. The molecule has 0 fully saturated rings. The van der Waals surface area contributed by atoms with Gasteiger partial charge in [0.1, 0.15) is 0 Å². The van der Waals surface area contributed by atoms with E-state index in [0.29, 0.717) is 18.3 Å². The fraction of sp³-hybridized carbons (Fsp3) is 0.385. The van der Waals surface area contributed by atoms with E-state index in [4.69, 9.17) is 10.3 Å². The third kappa shape index (κ3) is 2.87. The van der Waals surface area contributed by atoms with Gasteiger partial charge in [-0.1, -0.05) is 11.2 Å². The summed E-state index contributed by atoms with van der Waals surface area (Å²) in [5.74, 6) is 1.12. The quantitative estimate of drug-likeness (QED) is 0.890. The number of anilines is 1. The zero-order chi connectivity index (χ0) is 13.1. The first kappa shape index (κ1) is 12.6. The van der Waals surface area contributed by atoms with Crippen LogP contribution in [0.15, 0.2) is 22.7 Å². The molecule has 0 aliphatic heterocycles. The molecule has 0 radical (unpaired) electrons. The molecule has 0 saturated carbocycles. The second-order valence-electron chi connectivity index (χ2n) is 4.51. The van der Waals surface area contributed by atoms with Crippen LogP contribution in [-0.2, 0) is 13.1 Å². The van der Waals surface area contributed by atoms with Gasteiger partial charge in [-0.05, 0) is 37.1 Å². The van der Waals surface area contributed by atoms with E-state index in [0.717, 1.165) is 5.69 Å². The number of hydrogen-bond acceptors (Lipinski definition) is 5. The van der Waals surface area contributed by atoms with Crippen LogP contribution in [0, 0.1) is 13.8 Å². The maximum absolute atomic E-state index is 5.43. The predicted octanol–water partition coefficient (Wildman–Crippen LogP) is 1.78. The fourth-order valence-electron chi connectivity index (χ4n) is 1.91. The summed E-state index contributed by atoms with van der Waals surface area (Å²) < 4.78 is 4.99. The van der Waals surface area contributed by atoms with Gasteiger partial charge in [-0.25, -0.2) is 0 Å². The Kier molecular flexibility index (Phi) is 3.62. The van der Waals surface area contributed by atoms with E-state index in [-0.39, 0.29) is 6.54 Å². The Hall–Kier alpha value is -1.88. The van der Waals surface area contributed by atoms with E-state index in [1.54, 1.807) is 0 Å². The van der Waals surface area contributed by atoms with Crippen molar-refractivity contribution in [3.05, 3.63) is 41.0 Å². The Labute approximate surface area is 107 Å². The van der Waals surface area contributed by atoms with Gasteiger partial charge in [0.15, 0.2) is 5.82 Å². The van der Waals surface area contributed by atoms with Crippen molar-refractivity contribution in [2.75, 3.05) is 11.9 Å². The van der Waals surface area contributed by atoms with E-state index in [1.807, 2.05) is 7.05 Å². The summed E-state index contributed by atoms with van der Waals surface area (Å²) in [4.78, 5) is 6.28. The van der Waals surface area contributed by atoms with Gasteiger partial charge in [0.25, 0.3) is 0 Å². The Morgan fingerprint density at radius 3 is 2.44 bits per heavy atom. The highest BCUT2D eigenvalue weighted by atomic mass is 16.5. The van der Waals surface area contributed by atoms with Crippen molar-refractivity contribution in [1.82, 2.24) is 10.1 Å². The minimum atomic E-state index is 0.278. The minimum absolute atomic E-state index is 0.278. The van der Waals surface area contributed by atoms with Gasteiger partial charge in [0, 0.05) is 12.7 Å². The molecule has 1 aromatic carbocycles. The van der Waals surface area contributed by atoms with Crippen molar-refractivity contribution in [2.24, 2.45) is 5.73 Å². The molecule has 1 heterocycles. The molecule has 0 aliphatic rings. The Morgan fingerprint density at radius 1 is 1.22 bits per heavy atom. The summed E-state index contributed by atoms with van der Waals surface area (Å²) in [6.45, 7) is 5.06. The number of nitrogens with zero attached hydrogens (tertiary/aromatic N) is 3. The number of nitrogens with two attached hydrogens (primary N) is 1. The highest BCUT2D eigenvalue weighted by Crippen LogP contribution is 2.18. The number of rotatable bonds is 4. The summed E-state index contributed by atoms with van der Waals surface area (Å²) in [5, 5.41) is 3.89. The zero-order valence-corrected chi connectivity index (χ0v) is 11.0. The van der Waals surface area contributed by atoms with Crippen LogP contribution in [0.2, 0.25) is 0 Å². The molecule has 2 rings (SSSR count). The highest BCUT2D eigenvalue weighted by molar-refractivity contribution is 5.50. The van der Waals surface area contributed by atoms with Gasteiger partial charge in [-0.2, -0.15) is 4.98 Å². The van der Waals surface area contributed by atoms with Gasteiger partial charge in [0.2, 0.25) is 5.89 Å². The second-order valence-corrected chi connectivity index (χ2v) is 4.51. The van der Waals surface area contributed by atoms with Crippen molar-refractivity contribution >= 4 is 5.69 Å². The molecule has 0 saturated heterocycles. The van der Waals surface area contributed by atoms with E-state index in [2.05, 4.69) is 47.1 Å².